The Morgan fingerprint density at radius 1 is 1.50 bits per heavy atom. The quantitative estimate of drug-likeness (QED) is 0.832. The number of aromatic nitrogens is 2. The number of hydrogen-bond donors (Lipinski definition) is 2. The van der Waals surface area contributed by atoms with Gasteiger partial charge in [-0.1, -0.05) is 13.8 Å². The van der Waals surface area contributed by atoms with E-state index >= 15 is 0 Å². The summed E-state index contributed by atoms with van der Waals surface area (Å²) in [5, 5.41) is 12.8. The molecular formula is C12H19N3O4S. The van der Waals surface area contributed by atoms with Gasteiger partial charge in [0, 0.05) is 6.04 Å². The number of nitrogens with one attached hydrogen (secondary N) is 1. The van der Waals surface area contributed by atoms with E-state index in [0.717, 1.165) is 6.42 Å². The van der Waals surface area contributed by atoms with E-state index in [1.54, 1.807) is 13.8 Å². The molecule has 1 unspecified atom stereocenters. The van der Waals surface area contributed by atoms with Crippen LogP contribution in [0.3, 0.4) is 0 Å². The summed E-state index contributed by atoms with van der Waals surface area (Å²) in [7, 11) is -3.67. The van der Waals surface area contributed by atoms with E-state index in [1.165, 1.54) is 4.68 Å². The minimum absolute atomic E-state index is 0.0219. The number of carboxylic acid groups (broad SMARTS) is 1. The van der Waals surface area contributed by atoms with Gasteiger partial charge < -0.3 is 5.11 Å². The highest BCUT2D eigenvalue weighted by Gasteiger charge is 2.48. The normalized spacial score (nSPS) is 20.9. The zero-order chi connectivity index (χ0) is 15.3. The summed E-state index contributed by atoms with van der Waals surface area (Å²) in [6.07, 6.45) is 0.799. The number of hydrogen-bond acceptors (Lipinski definition) is 4. The first-order valence-electron chi connectivity index (χ1n) is 6.33. The van der Waals surface area contributed by atoms with E-state index in [4.69, 9.17) is 5.11 Å². The molecular weight excluding hydrogens is 282 g/mol. The zero-order valence-electron chi connectivity index (χ0n) is 12.0. The maximum atomic E-state index is 12.4. The lowest BCUT2D eigenvalue weighted by Gasteiger charge is -2.08. The van der Waals surface area contributed by atoms with Crippen LogP contribution in [0.5, 0.6) is 0 Å². The molecule has 2 N–H and O–H groups in total. The second-order valence-corrected chi connectivity index (χ2v) is 7.57. The molecule has 0 radical (unpaired) electrons. The maximum Gasteiger partial charge on any atom is 0.325 e. The smallest absolute Gasteiger partial charge is 0.325 e. The lowest BCUT2D eigenvalue weighted by Crippen LogP contribution is -2.29. The van der Waals surface area contributed by atoms with Crippen molar-refractivity contribution in [3.63, 3.8) is 0 Å². The van der Waals surface area contributed by atoms with Crippen LogP contribution in [0.15, 0.2) is 4.90 Å². The molecule has 1 saturated carbocycles. The second kappa shape index (κ2) is 4.56. The van der Waals surface area contributed by atoms with Gasteiger partial charge in [0.25, 0.3) is 0 Å². The van der Waals surface area contributed by atoms with Crippen LogP contribution in [0.4, 0.5) is 0 Å². The van der Waals surface area contributed by atoms with E-state index in [9.17, 15) is 13.2 Å². The van der Waals surface area contributed by atoms with Crippen molar-refractivity contribution in [3.8, 4) is 0 Å². The van der Waals surface area contributed by atoms with Crippen molar-refractivity contribution in [1.82, 2.24) is 14.5 Å². The van der Waals surface area contributed by atoms with Crippen LogP contribution in [0.2, 0.25) is 0 Å². The summed E-state index contributed by atoms with van der Waals surface area (Å²) in [6, 6.07) is -0.0749. The molecule has 2 rings (SSSR count). The number of carbonyl (C=O) groups is 1. The topological polar surface area (TPSA) is 101 Å². The number of aryl methyl sites for hydroxylation is 1. The molecule has 1 aromatic rings. The van der Waals surface area contributed by atoms with Gasteiger partial charge in [-0.05, 0) is 25.7 Å². The number of rotatable bonds is 5. The van der Waals surface area contributed by atoms with Crippen LogP contribution < -0.4 is 4.72 Å². The zero-order valence-corrected chi connectivity index (χ0v) is 12.8. The van der Waals surface area contributed by atoms with Gasteiger partial charge >= 0.3 is 5.97 Å². The van der Waals surface area contributed by atoms with Crippen LogP contribution >= 0.6 is 0 Å². The largest absolute Gasteiger partial charge is 0.480 e. The van der Waals surface area contributed by atoms with Gasteiger partial charge in [0.1, 0.15) is 11.4 Å². The second-order valence-electron chi connectivity index (χ2n) is 5.92. The van der Waals surface area contributed by atoms with Crippen molar-refractivity contribution < 1.29 is 18.3 Å². The fraction of sp³-hybridized carbons (Fsp3) is 0.667. The highest BCUT2D eigenvalue weighted by Crippen LogP contribution is 2.45. The minimum Gasteiger partial charge on any atom is -0.480 e. The molecule has 0 spiro atoms. The Morgan fingerprint density at radius 3 is 2.50 bits per heavy atom. The molecule has 1 fully saturated rings. The molecule has 7 nitrogen and oxygen atoms in total. The van der Waals surface area contributed by atoms with E-state index in [2.05, 4.69) is 9.82 Å². The van der Waals surface area contributed by atoms with Crippen molar-refractivity contribution >= 4 is 16.0 Å². The van der Waals surface area contributed by atoms with E-state index in [-0.39, 0.29) is 22.9 Å². The monoisotopic (exact) mass is 301 g/mol. The molecule has 0 bridgehead atoms. The van der Waals surface area contributed by atoms with Gasteiger partial charge in [-0.15, -0.1) is 0 Å². The molecule has 1 aromatic heterocycles. The summed E-state index contributed by atoms with van der Waals surface area (Å²) >= 11 is 0. The minimum atomic E-state index is -3.67. The van der Waals surface area contributed by atoms with Crippen molar-refractivity contribution in [2.45, 2.75) is 51.6 Å². The maximum absolute atomic E-state index is 12.4. The van der Waals surface area contributed by atoms with E-state index in [0.29, 0.717) is 11.4 Å². The first kappa shape index (κ1) is 15.0. The van der Waals surface area contributed by atoms with Gasteiger partial charge in [-0.3, -0.25) is 9.48 Å². The van der Waals surface area contributed by atoms with Gasteiger partial charge in [-0.2, -0.15) is 5.10 Å². The molecule has 0 amide bonds. The number of carboxylic acids is 1. The third-order valence-electron chi connectivity index (χ3n) is 3.68. The Bertz CT molecular complexity index is 660. The highest BCUT2D eigenvalue weighted by atomic mass is 32.2. The summed E-state index contributed by atoms with van der Waals surface area (Å²) in [4.78, 5) is 10.8. The van der Waals surface area contributed by atoms with Crippen molar-refractivity contribution in [1.29, 1.82) is 0 Å². The first-order valence-corrected chi connectivity index (χ1v) is 7.81. The van der Waals surface area contributed by atoms with E-state index in [1.807, 2.05) is 13.8 Å². The van der Waals surface area contributed by atoms with Crippen LogP contribution in [-0.2, 0) is 21.4 Å². The van der Waals surface area contributed by atoms with E-state index < -0.39 is 16.0 Å². The third kappa shape index (κ3) is 2.71. The highest BCUT2D eigenvalue weighted by molar-refractivity contribution is 7.89. The molecule has 0 saturated heterocycles. The fourth-order valence-corrected chi connectivity index (χ4v) is 4.08. The Labute approximate surface area is 118 Å². The Hall–Kier alpha value is -1.41. The molecule has 1 atom stereocenters. The Morgan fingerprint density at radius 2 is 2.05 bits per heavy atom. The lowest BCUT2D eigenvalue weighted by molar-refractivity contribution is -0.137. The molecule has 1 heterocycles. The van der Waals surface area contributed by atoms with Crippen LogP contribution in [0, 0.1) is 19.3 Å². The number of nitrogens with zero attached hydrogens (tertiary/aromatic N) is 2. The lowest BCUT2D eigenvalue weighted by atomic mass is 10.2. The fourth-order valence-electron chi connectivity index (χ4n) is 2.27. The Kier molecular flexibility index (Phi) is 3.42. The van der Waals surface area contributed by atoms with Gasteiger partial charge in [0.05, 0.1) is 11.4 Å². The van der Waals surface area contributed by atoms with Crippen molar-refractivity contribution in [3.05, 3.63) is 11.4 Å². The molecule has 0 aliphatic heterocycles. The molecule has 1 aliphatic rings. The number of sulfonamides is 1. The SMILES string of the molecule is Cc1nn(CC(=O)O)c(C)c1S(=O)(=O)NC1CC1(C)C. The van der Waals surface area contributed by atoms with Crippen LogP contribution in [-0.4, -0.2) is 35.3 Å². The molecule has 20 heavy (non-hydrogen) atoms. The summed E-state index contributed by atoms with van der Waals surface area (Å²) in [5.41, 5.74) is 0.636. The predicted molar refractivity (Wildman–Crippen MR) is 71.8 cm³/mol. The third-order valence-corrected chi connectivity index (χ3v) is 5.40. The predicted octanol–water partition coefficient (Wildman–Crippen LogP) is 0.661. The van der Waals surface area contributed by atoms with Gasteiger partial charge in [0.2, 0.25) is 10.0 Å². The summed E-state index contributed by atoms with van der Waals surface area (Å²) < 4.78 is 28.7. The number of aliphatic carboxylic acids is 1. The van der Waals surface area contributed by atoms with Crippen molar-refractivity contribution in [2.75, 3.05) is 0 Å². The summed E-state index contributed by atoms with van der Waals surface area (Å²) in [5.74, 6) is -1.06. The standard InChI is InChI=1S/C12H19N3O4S/c1-7-11(8(2)15(13-7)6-10(16)17)20(18,19)14-9-5-12(9,3)4/h9,14H,5-6H2,1-4H3,(H,16,17). The average Bonchev–Trinajstić information content (AvgIpc) is 2.70. The molecule has 112 valence electrons. The summed E-state index contributed by atoms with van der Waals surface area (Å²) in [6.45, 7) is 6.77. The molecule has 8 heteroatoms. The molecule has 1 aliphatic carbocycles. The first-order chi connectivity index (χ1) is 9.04. The molecule has 0 aromatic carbocycles. The van der Waals surface area contributed by atoms with Gasteiger partial charge in [0.15, 0.2) is 0 Å². The van der Waals surface area contributed by atoms with Crippen molar-refractivity contribution in [2.24, 2.45) is 5.41 Å². The van der Waals surface area contributed by atoms with Crippen LogP contribution in [0.25, 0.3) is 0 Å². The van der Waals surface area contributed by atoms with Gasteiger partial charge in [-0.25, -0.2) is 13.1 Å². The van der Waals surface area contributed by atoms with Crippen LogP contribution in [0.1, 0.15) is 31.7 Å². The average molecular weight is 301 g/mol. The Balaban J connectivity index is 2.32.